The van der Waals surface area contributed by atoms with Gasteiger partial charge < -0.3 is 10.2 Å². The first-order valence-electron chi connectivity index (χ1n) is 5.16. The third-order valence-electron chi connectivity index (χ3n) is 3.06. The molecule has 2 unspecified atom stereocenters. The zero-order chi connectivity index (χ0) is 10.8. The molecule has 4 nitrogen and oxygen atoms in total. The van der Waals surface area contributed by atoms with E-state index in [1.807, 2.05) is 6.92 Å². The average molecular weight is 201 g/mol. The van der Waals surface area contributed by atoms with Gasteiger partial charge in [0.15, 0.2) is 0 Å². The summed E-state index contributed by atoms with van der Waals surface area (Å²) in [7, 11) is 0. The summed E-state index contributed by atoms with van der Waals surface area (Å²) in [6.07, 6.45) is 2.68. The predicted molar refractivity (Wildman–Crippen MR) is 53.1 cm³/mol. The van der Waals surface area contributed by atoms with Crippen molar-refractivity contribution in [2.24, 2.45) is 5.92 Å². The number of hydrogen-bond acceptors (Lipinski definition) is 3. The number of nitrogens with one attached hydrogen (secondary N) is 1. The molecular formula is C10H19NO3. The first-order chi connectivity index (χ1) is 6.54. The van der Waals surface area contributed by atoms with E-state index >= 15 is 0 Å². The van der Waals surface area contributed by atoms with Gasteiger partial charge in [0.25, 0.3) is 0 Å². The third-order valence-corrected chi connectivity index (χ3v) is 3.06. The lowest BCUT2D eigenvalue weighted by molar-refractivity contribution is -0.145. The Labute approximate surface area is 84.3 Å². The highest BCUT2D eigenvalue weighted by Crippen LogP contribution is 2.40. The van der Waals surface area contributed by atoms with E-state index in [4.69, 9.17) is 10.2 Å². The van der Waals surface area contributed by atoms with E-state index in [9.17, 15) is 4.79 Å². The topological polar surface area (TPSA) is 69.6 Å². The molecule has 1 saturated carbocycles. The molecule has 0 bridgehead atoms. The molecule has 2 atom stereocenters. The molecule has 1 rings (SSSR count). The number of aliphatic carboxylic acids is 1. The normalized spacial score (nSPS) is 22.8. The minimum absolute atomic E-state index is 0.00785. The fraction of sp³-hybridized carbons (Fsp3) is 0.900. The van der Waals surface area contributed by atoms with Crippen LogP contribution >= 0.6 is 0 Å². The van der Waals surface area contributed by atoms with Gasteiger partial charge in [0.2, 0.25) is 0 Å². The molecule has 0 saturated heterocycles. The molecule has 1 aliphatic carbocycles. The summed E-state index contributed by atoms with van der Waals surface area (Å²) >= 11 is 0. The fourth-order valence-electron chi connectivity index (χ4n) is 1.72. The number of carboxylic acid groups (broad SMARTS) is 1. The van der Waals surface area contributed by atoms with Crippen molar-refractivity contribution in [3.8, 4) is 0 Å². The van der Waals surface area contributed by atoms with Crippen LogP contribution in [0, 0.1) is 5.92 Å². The summed E-state index contributed by atoms with van der Waals surface area (Å²) in [4.78, 5) is 11.1. The highest BCUT2D eigenvalue weighted by atomic mass is 16.4. The minimum Gasteiger partial charge on any atom is -0.480 e. The lowest BCUT2D eigenvalue weighted by atomic mass is 9.94. The van der Waals surface area contributed by atoms with Crippen LogP contribution in [0.1, 0.15) is 33.1 Å². The number of carboxylic acids is 1. The van der Waals surface area contributed by atoms with Crippen molar-refractivity contribution in [2.75, 3.05) is 6.61 Å². The summed E-state index contributed by atoms with van der Waals surface area (Å²) in [6.45, 7) is 3.64. The Morgan fingerprint density at radius 3 is 2.50 bits per heavy atom. The lowest BCUT2D eigenvalue weighted by Gasteiger charge is -2.30. The number of aliphatic hydroxyl groups excluding tert-OH is 1. The second-order valence-electron chi connectivity index (χ2n) is 4.21. The van der Waals surface area contributed by atoms with Gasteiger partial charge in [-0.1, -0.05) is 6.92 Å². The molecule has 0 amide bonds. The molecule has 0 aliphatic heterocycles. The molecule has 0 aromatic carbocycles. The van der Waals surface area contributed by atoms with Crippen LogP contribution in [0.25, 0.3) is 0 Å². The van der Waals surface area contributed by atoms with Gasteiger partial charge in [-0.05, 0) is 32.1 Å². The fourth-order valence-corrected chi connectivity index (χ4v) is 1.72. The van der Waals surface area contributed by atoms with Gasteiger partial charge in [0.1, 0.15) is 5.54 Å². The van der Waals surface area contributed by atoms with Crippen LogP contribution in [0.5, 0.6) is 0 Å². The minimum atomic E-state index is -0.858. The van der Waals surface area contributed by atoms with E-state index in [-0.39, 0.29) is 18.6 Å². The second-order valence-corrected chi connectivity index (χ2v) is 4.21. The van der Waals surface area contributed by atoms with Gasteiger partial charge in [-0.25, -0.2) is 0 Å². The maximum absolute atomic E-state index is 11.1. The van der Waals surface area contributed by atoms with E-state index in [2.05, 4.69) is 5.32 Å². The zero-order valence-electron chi connectivity index (χ0n) is 8.79. The molecule has 0 aromatic heterocycles. The highest BCUT2D eigenvalue weighted by molar-refractivity contribution is 5.79. The largest absolute Gasteiger partial charge is 0.480 e. The van der Waals surface area contributed by atoms with Gasteiger partial charge in [-0.3, -0.25) is 10.1 Å². The Morgan fingerprint density at radius 1 is 1.64 bits per heavy atom. The van der Waals surface area contributed by atoms with Gasteiger partial charge in [-0.15, -0.1) is 0 Å². The Hall–Kier alpha value is -0.610. The van der Waals surface area contributed by atoms with Crippen molar-refractivity contribution in [2.45, 2.75) is 44.7 Å². The molecule has 0 aromatic rings. The second kappa shape index (κ2) is 4.28. The third kappa shape index (κ3) is 2.25. The van der Waals surface area contributed by atoms with Crippen LogP contribution in [0.15, 0.2) is 0 Å². The maximum atomic E-state index is 11.1. The molecule has 3 N–H and O–H groups in total. The molecule has 1 fully saturated rings. The number of rotatable bonds is 6. The standard InChI is InChI=1S/C10H19NO3/c1-3-8(6-12)11-10(2,9(13)14)7-4-5-7/h7-8,11-12H,3-6H2,1-2H3,(H,13,14). The summed E-state index contributed by atoms with van der Waals surface area (Å²) < 4.78 is 0. The Balaban J connectivity index is 2.63. The van der Waals surface area contributed by atoms with Gasteiger partial charge in [-0.2, -0.15) is 0 Å². The summed E-state index contributed by atoms with van der Waals surface area (Å²) in [6, 6.07) is -0.114. The van der Waals surface area contributed by atoms with Crippen LogP contribution in [-0.4, -0.2) is 34.4 Å². The predicted octanol–water partition coefficient (Wildman–Crippen LogP) is 0.600. The smallest absolute Gasteiger partial charge is 0.323 e. The summed E-state index contributed by atoms with van der Waals surface area (Å²) in [5.74, 6) is -0.590. The monoisotopic (exact) mass is 201 g/mol. The van der Waals surface area contributed by atoms with Crippen molar-refractivity contribution < 1.29 is 15.0 Å². The van der Waals surface area contributed by atoms with E-state index in [0.717, 1.165) is 19.3 Å². The van der Waals surface area contributed by atoms with Gasteiger partial charge >= 0.3 is 5.97 Å². The molecule has 14 heavy (non-hydrogen) atoms. The Kier molecular flexibility index (Phi) is 3.50. The van der Waals surface area contributed by atoms with Crippen LogP contribution in [-0.2, 0) is 4.79 Å². The highest BCUT2D eigenvalue weighted by Gasteiger charge is 2.48. The summed E-state index contributed by atoms with van der Waals surface area (Å²) in [5, 5.41) is 21.2. The molecule has 82 valence electrons. The lowest BCUT2D eigenvalue weighted by Crippen LogP contribution is -2.56. The summed E-state index contributed by atoms with van der Waals surface area (Å²) in [5.41, 5.74) is -0.858. The zero-order valence-corrected chi connectivity index (χ0v) is 8.79. The number of carbonyl (C=O) groups is 1. The Morgan fingerprint density at radius 2 is 2.21 bits per heavy atom. The Bertz CT molecular complexity index is 211. The quantitative estimate of drug-likeness (QED) is 0.588. The number of hydrogen-bond donors (Lipinski definition) is 3. The van der Waals surface area contributed by atoms with E-state index in [1.165, 1.54) is 0 Å². The van der Waals surface area contributed by atoms with E-state index in [1.54, 1.807) is 6.92 Å². The van der Waals surface area contributed by atoms with Crippen molar-refractivity contribution in [1.29, 1.82) is 0 Å². The van der Waals surface area contributed by atoms with Crippen LogP contribution in [0.2, 0.25) is 0 Å². The van der Waals surface area contributed by atoms with Gasteiger partial charge in [0, 0.05) is 6.04 Å². The molecule has 4 heteroatoms. The van der Waals surface area contributed by atoms with Crippen molar-refractivity contribution in [3.05, 3.63) is 0 Å². The molecule has 0 spiro atoms. The SMILES string of the molecule is CCC(CO)NC(C)(C(=O)O)C1CC1. The maximum Gasteiger partial charge on any atom is 0.323 e. The first-order valence-corrected chi connectivity index (χ1v) is 5.16. The van der Waals surface area contributed by atoms with E-state index in [0.29, 0.717) is 0 Å². The number of aliphatic hydroxyl groups is 1. The molecule has 1 aliphatic rings. The van der Waals surface area contributed by atoms with Crippen molar-refractivity contribution >= 4 is 5.97 Å². The van der Waals surface area contributed by atoms with Crippen LogP contribution in [0.3, 0.4) is 0 Å². The van der Waals surface area contributed by atoms with E-state index < -0.39 is 11.5 Å². The first kappa shape index (κ1) is 11.5. The van der Waals surface area contributed by atoms with Gasteiger partial charge in [0.05, 0.1) is 6.61 Å². The molecular weight excluding hydrogens is 182 g/mol. The molecule has 0 heterocycles. The van der Waals surface area contributed by atoms with Crippen molar-refractivity contribution in [1.82, 2.24) is 5.32 Å². The molecule has 0 radical (unpaired) electrons. The van der Waals surface area contributed by atoms with Crippen LogP contribution in [0.4, 0.5) is 0 Å². The van der Waals surface area contributed by atoms with Crippen molar-refractivity contribution in [3.63, 3.8) is 0 Å². The van der Waals surface area contributed by atoms with Crippen LogP contribution < -0.4 is 5.32 Å². The average Bonchev–Trinajstić information content (AvgIpc) is 2.96.